The minimum absolute atomic E-state index is 0.0960. The molecule has 1 aliphatic heterocycles. The van der Waals surface area contributed by atoms with E-state index < -0.39 is 10.0 Å². The highest BCUT2D eigenvalue weighted by molar-refractivity contribution is 7.89. The molecule has 27 heavy (non-hydrogen) atoms. The Morgan fingerprint density at radius 3 is 2.63 bits per heavy atom. The van der Waals surface area contributed by atoms with Gasteiger partial charge in [0.15, 0.2) is 0 Å². The number of hydrogen-bond donors (Lipinski definition) is 3. The highest BCUT2D eigenvalue weighted by Gasteiger charge is 2.19. The summed E-state index contributed by atoms with van der Waals surface area (Å²) in [6.07, 6.45) is 0.249. The average Bonchev–Trinajstić information content (AvgIpc) is 3.01. The third-order valence-corrected chi connectivity index (χ3v) is 5.49. The number of rotatable bonds is 7. The number of ether oxygens (including phenoxy) is 1. The first-order valence-electron chi connectivity index (χ1n) is 8.22. The van der Waals surface area contributed by atoms with Crippen molar-refractivity contribution in [2.75, 3.05) is 30.9 Å². The van der Waals surface area contributed by atoms with Crippen LogP contribution in [0.25, 0.3) is 0 Å². The number of carbonyl (C=O) groups is 2. The predicted octanol–water partition coefficient (Wildman–Crippen LogP) is 1.36. The van der Waals surface area contributed by atoms with Crippen LogP contribution in [0, 0.1) is 0 Å². The standard InChI is InChI=1S/C18H19N3O5S/c1-26-9-8-19-27(24,25)15-5-3-14(4-6-15)20-18(23)12-2-7-16-13(10-12)11-17(22)21-16/h2-7,10,19H,8-9,11H2,1H3,(H,20,23)(H,21,22). The Bertz CT molecular complexity index is 971. The zero-order chi connectivity index (χ0) is 19.4. The first kappa shape index (κ1) is 19.0. The monoisotopic (exact) mass is 389 g/mol. The summed E-state index contributed by atoms with van der Waals surface area (Å²) in [7, 11) is -2.14. The lowest BCUT2D eigenvalue weighted by atomic mass is 10.1. The summed E-state index contributed by atoms with van der Waals surface area (Å²) in [5, 5.41) is 5.42. The molecule has 0 atom stereocenters. The van der Waals surface area contributed by atoms with Crippen molar-refractivity contribution >= 4 is 33.2 Å². The molecule has 0 unspecified atom stereocenters. The van der Waals surface area contributed by atoms with Crippen molar-refractivity contribution in [3.05, 3.63) is 53.6 Å². The molecule has 0 saturated heterocycles. The zero-order valence-corrected chi connectivity index (χ0v) is 15.4. The molecule has 2 aromatic rings. The highest BCUT2D eigenvalue weighted by Crippen LogP contribution is 2.24. The SMILES string of the molecule is COCCNS(=O)(=O)c1ccc(NC(=O)c2ccc3c(c2)CC(=O)N3)cc1. The normalized spacial score (nSPS) is 13.1. The highest BCUT2D eigenvalue weighted by atomic mass is 32.2. The second-order valence-electron chi connectivity index (χ2n) is 5.97. The maximum Gasteiger partial charge on any atom is 0.255 e. The van der Waals surface area contributed by atoms with E-state index in [2.05, 4.69) is 15.4 Å². The van der Waals surface area contributed by atoms with E-state index in [9.17, 15) is 18.0 Å². The molecule has 0 aliphatic carbocycles. The summed E-state index contributed by atoms with van der Waals surface area (Å²) in [5.74, 6) is -0.440. The van der Waals surface area contributed by atoms with Gasteiger partial charge < -0.3 is 15.4 Å². The molecule has 0 aromatic heterocycles. The Labute approximate surface area is 157 Å². The van der Waals surface area contributed by atoms with Crippen molar-refractivity contribution in [2.24, 2.45) is 0 Å². The molecule has 3 rings (SSSR count). The van der Waals surface area contributed by atoms with Crippen molar-refractivity contribution in [3.63, 3.8) is 0 Å². The maximum absolute atomic E-state index is 12.4. The number of benzene rings is 2. The number of nitrogens with one attached hydrogen (secondary N) is 3. The minimum atomic E-state index is -3.62. The minimum Gasteiger partial charge on any atom is -0.383 e. The molecular formula is C18H19N3O5S. The Hall–Kier alpha value is -2.75. The molecule has 142 valence electrons. The molecule has 0 spiro atoms. The lowest BCUT2D eigenvalue weighted by molar-refractivity contribution is -0.115. The van der Waals surface area contributed by atoms with E-state index in [-0.39, 0.29) is 36.3 Å². The number of methoxy groups -OCH3 is 1. The summed E-state index contributed by atoms with van der Waals surface area (Å²) in [5.41, 5.74) is 2.37. The Balaban J connectivity index is 1.67. The van der Waals surface area contributed by atoms with Crippen LogP contribution in [0.2, 0.25) is 0 Å². The smallest absolute Gasteiger partial charge is 0.255 e. The first-order valence-corrected chi connectivity index (χ1v) is 9.70. The van der Waals surface area contributed by atoms with Gasteiger partial charge in [0.05, 0.1) is 17.9 Å². The van der Waals surface area contributed by atoms with Crippen LogP contribution in [0.3, 0.4) is 0 Å². The van der Waals surface area contributed by atoms with Crippen molar-refractivity contribution in [2.45, 2.75) is 11.3 Å². The molecule has 9 heteroatoms. The van der Waals surface area contributed by atoms with Gasteiger partial charge in [-0.15, -0.1) is 0 Å². The Morgan fingerprint density at radius 1 is 1.19 bits per heavy atom. The van der Waals surface area contributed by atoms with Gasteiger partial charge in [-0.2, -0.15) is 0 Å². The van der Waals surface area contributed by atoms with Crippen LogP contribution in [0.15, 0.2) is 47.4 Å². The lowest BCUT2D eigenvalue weighted by Crippen LogP contribution is -2.27. The molecule has 0 bridgehead atoms. The second kappa shape index (κ2) is 7.87. The number of sulfonamides is 1. The second-order valence-corrected chi connectivity index (χ2v) is 7.73. The number of amides is 2. The van der Waals surface area contributed by atoms with Crippen molar-refractivity contribution in [3.8, 4) is 0 Å². The first-order chi connectivity index (χ1) is 12.9. The van der Waals surface area contributed by atoms with Crippen LogP contribution in [0.4, 0.5) is 11.4 Å². The van der Waals surface area contributed by atoms with Crippen LogP contribution in [0.1, 0.15) is 15.9 Å². The molecular weight excluding hydrogens is 370 g/mol. The van der Waals surface area contributed by atoms with Crippen LogP contribution >= 0.6 is 0 Å². The van der Waals surface area contributed by atoms with Gasteiger partial charge in [-0.3, -0.25) is 9.59 Å². The van der Waals surface area contributed by atoms with Gasteiger partial charge in [-0.05, 0) is 48.0 Å². The van der Waals surface area contributed by atoms with Crippen LogP contribution < -0.4 is 15.4 Å². The van der Waals surface area contributed by atoms with Gasteiger partial charge in [0, 0.05) is 30.6 Å². The summed E-state index contributed by atoms with van der Waals surface area (Å²) in [6, 6.07) is 10.8. The molecule has 2 aromatic carbocycles. The number of carbonyl (C=O) groups excluding carboxylic acids is 2. The topological polar surface area (TPSA) is 114 Å². The quantitative estimate of drug-likeness (QED) is 0.619. The van der Waals surface area contributed by atoms with Gasteiger partial charge in [-0.1, -0.05) is 0 Å². The summed E-state index contributed by atoms with van der Waals surface area (Å²) in [4.78, 5) is 23.9. The fourth-order valence-electron chi connectivity index (χ4n) is 2.65. The fourth-order valence-corrected chi connectivity index (χ4v) is 3.67. The van der Waals surface area contributed by atoms with Crippen molar-refractivity contribution in [1.29, 1.82) is 0 Å². The molecule has 2 amide bonds. The van der Waals surface area contributed by atoms with Gasteiger partial charge >= 0.3 is 0 Å². The van der Waals surface area contributed by atoms with E-state index in [4.69, 9.17) is 4.74 Å². The molecule has 0 radical (unpaired) electrons. The van der Waals surface area contributed by atoms with Gasteiger partial charge in [0.2, 0.25) is 15.9 Å². The molecule has 1 heterocycles. The fraction of sp³-hybridized carbons (Fsp3) is 0.222. The largest absolute Gasteiger partial charge is 0.383 e. The van der Waals surface area contributed by atoms with E-state index in [1.807, 2.05) is 0 Å². The molecule has 0 fully saturated rings. The number of fused-ring (bicyclic) bond motifs is 1. The lowest BCUT2D eigenvalue weighted by Gasteiger charge is -2.09. The van der Waals surface area contributed by atoms with Crippen molar-refractivity contribution in [1.82, 2.24) is 4.72 Å². The van der Waals surface area contributed by atoms with Crippen LogP contribution in [-0.2, 0) is 26.0 Å². The number of anilines is 2. The van der Waals surface area contributed by atoms with E-state index in [1.54, 1.807) is 18.2 Å². The van der Waals surface area contributed by atoms with E-state index in [0.717, 1.165) is 5.56 Å². The van der Waals surface area contributed by atoms with E-state index >= 15 is 0 Å². The summed E-state index contributed by atoms with van der Waals surface area (Å²) >= 11 is 0. The summed E-state index contributed by atoms with van der Waals surface area (Å²) < 4.78 is 31.4. The number of hydrogen-bond acceptors (Lipinski definition) is 5. The third-order valence-electron chi connectivity index (χ3n) is 4.01. The molecule has 3 N–H and O–H groups in total. The van der Waals surface area contributed by atoms with Gasteiger partial charge in [0.1, 0.15) is 0 Å². The molecule has 1 aliphatic rings. The maximum atomic E-state index is 12.4. The van der Waals surface area contributed by atoms with E-state index in [0.29, 0.717) is 16.9 Å². The Morgan fingerprint density at radius 2 is 1.93 bits per heavy atom. The van der Waals surface area contributed by atoms with Crippen LogP contribution in [0.5, 0.6) is 0 Å². The zero-order valence-electron chi connectivity index (χ0n) is 14.6. The van der Waals surface area contributed by atoms with E-state index in [1.165, 1.54) is 31.4 Å². The van der Waals surface area contributed by atoms with Gasteiger partial charge in [-0.25, -0.2) is 13.1 Å². The average molecular weight is 389 g/mol. The molecule has 0 saturated carbocycles. The van der Waals surface area contributed by atoms with Crippen LogP contribution in [-0.4, -0.2) is 40.5 Å². The molecule has 8 nitrogen and oxygen atoms in total. The third kappa shape index (κ3) is 4.51. The van der Waals surface area contributed by atoms with Crippen molar-refractivity contribution < 1.29 is 22.7 Å². The predicted molar refractivity (Wildman–Crippen MR) is 100 cm³/mol. The summed E-state index contributed by atoms with van der Waals surface area (Å²) in [6.45, 7) is 0.447. The Kier molecular flexibility index (Phi) is 5.54. The van der Waals surface area contributed by atoms with Gasteiger partial charge in [0.25, 0.3) is 5.91 Å².